The van der Waals surface area contributed by atoms with E-state index in [2.05, 4.69) is 10.6 Å². The highest BCUT2D eigenvalue weighted by Crippen LogP contribution is 2.34. The van der Waals surface area contributed by atoms with Crippen LogP contribution in [0.25, 0.3) is 22.3 Å². The van der Waals surface area contributed by atoms with Crippen molar-refractivity contribution in [3.63, 3.8) is 0 Å². The van der Waals surface area contributed by atoms with Crippen LogP contribution in [0.4, 0.5) is 13.6 Å². The van der Waals surface area contributed by atoms with Crippen molar-refractivity contribution in [2.75, 3.05) is 13.1 Å². The molecule has 0 aliphatic heterocycles. The summed E-state index contributed by atoms with van der Waals surface area (Å²) in [4.78, 5) is 39.2. The summed E-state index contributed by atoms with van der Waals surface area (Å²) in [6.07, 6.45) is 0.595. The van der Waals surface area contributed by atoms with E-state index < -0.39 is 17.5 Å². The lowest BCUT2D eigenvalue weighted by atomic mass is 9.80. The topological polar surface area (TPSA) is 93.7 Å². The minimum Gasteiger partial charge on any atom is -0.461 e. The summed E-state index contributed by atoms with van der Waals surface area (Å²) >= 11 is 0. The fourth-order valence-electron chi connectivity index (χ4n) is 5.86. The fraction of sp³-hybridized carbons (Fsp3) is 0.250. The molecule has 2 amide bonds. The minimum absolute atomic E-state index is 0.0702. The number of nitrogens with one attached hydrogen (secondary N) is 2. The number of carbonyl (C=O) groups is 3. The van der Waals surface area contributed by atoms with Gasteiger partial charge in [0.2, 0.25) is 5.91 Å². The van der Waals surface area contributed by atoms with Gasteiger partial charge in [-0.3, -0.25) is 9.59 Å². The molecule has 2 N–H and O–H groups in total. The lowest BCUT2D eigenvalue weighted by molar-refractivity contribution is -0.146. The van der Waals surface area contributed by atoms with Gasteiger partial charge in [0.05, 0.1) is 11.8 Å². The quantitative estimate of drug-likeness (QED) is 0.0784. The Morgan fingerprint density at radius 2 is 1.15 bits per heavy atom. The number of carbonyl (C=O) groups excluding carboxylic acids is 3. The van der Waals surface area contributed by atoms with Gasteiger partial charge in [0.25, 0.3) is 0 Å². The average molecular weight is 719 g/mol. The number of rotatable bonds is 16. The predicted molar refractivity (Wildman–Crippen MR) is 201 cm³/mol. The molecule has 0 heterocycles. The molecule has 0 aliphatic carbocycles. The van der Waals surface area contributed by atoms with Crippen molar-refractivity contribution in [3.05, 3.63) is 156 Å². The zero-order valence-corrected chi connectivity index (χ0v) is 29.9. The van der Waals surface area contributed by atoms with E-state index in [1.165, 1.54) is 24.3 Å². The van der Waals surface area contributed by atoms with Crippen LogP contribution in [0, 0.1) is 17.6 Å². The number of amides is 2. The van der Waals surface area contributed by atoms with Crippen LogP contribution >= 0.6 is 0 Å². The third kappa shape index (κ3) is 11.6. The van der Waals surface area contributed by atoms with Crippen LogP contribution in [-0.2, 0) is 37.7 Å². The number of hydrogen-bond acceptors (Lipinski definition) is 5. The maximum Gasteiger partial charge on any atom is 0.407 e. The van der Waals surface area contributed by atoms with E-state index in [-0.39, 0.29) is 49.6 Å². The fourth-order valence-corrected chi connectivity index (χ4v) is 5.86. The van der Waals surface area contributed by atoms with E-state index >= 15 is 0 Å². The Kier molecular flexibility index (Phi) is 13.5. The molecule has 0 saturated heterocycles. The molecular weight excluding hydrogens is 674 g/mol. The van der Waals surface area contributed by atoms with Crippen LogP contribution in [0.5, 0.6) is 0 Å². The van der Waals surface area contributed by atoms with Gasteiger partial charge in [-0.1, -0.05) is 97.1 Å². The van der Waals surface area contributed by atoms with E-state index in [0.29, 0.717) is 24.9 Å². The highest BCUT2D eigenvalue weighted by molar-refractivity contribution is 5.89. The van der Waals surface area contributed by atoms with Crippen LogP contribution < -0.4 is 10.6 Å². The van der Waals surface area contributed by atoms with Crippen LogP contribution in [0.15, 0.2) is 127 Å². The van der Waals surface area contributed by atoms with Gasteiger partial charge >= 0.3 is 12.1 Å². The first kappa shape index (κ1) is 38.4. The van der Waals surface area contributed by atoms with Gasteiger partial charge in [-0.2, -0.15) is 0 Å². The summed E-state index contributed by atoms with van der Waals surface area (Å²) in [5, 5.41) is 5.82. The first-order valence-electron chi connectivity index (χ1n) is 17.7. The molecule has 0 saturated carbocycles. The second-order valence-corrected chi connectivity index (χ2v) is 13.5. The molecular formula is C44H44F2N2O5. The largest absolute Gasteiger partial charge is 0.461 e. The molecule has 0 radical (unpaired) electrons. The van der Waals surface area contributed by atoms with Gasteiger partial charge in [0.15, 0.2) is 0 Å². The van der Waals surface area contributed by atoms with Crippen LogP contribution in [-0.4, -0.2) is 31.1 Å². The maximum atomic E-state index is 14.0. The van der Waals surface area contributed by atoms with Crippen LogP contribution in [0.3, 0.4) is 0 Å². The second-order valence-electron chi connectivity index (χ2n) is 13.5. The minimum atomic E-state index is -1.03. The molecule has 0 bridgehead atoms. The van der Waals surface area contributed by atoms with Crippen LogP contribution in [0.2, 0.25) is 0 Å². The Labute approximate surface area is 309 Å². The first-order valence-corrected chi connectivity index (χ1v) is 17.7. The summed E-state index contributed by atoms with van der Waals surface area (Å²) in [7, 11) is 0. The third-order valence-corrected chi connectivity index (χ3v) is 9.10. The summed E-state index contributed by atoms with van der Waals surface area (Å²) < 4.78 is 38.4. The van der Waals surface area contributed by atoms with Crippen molar-refractivity contribution >= 4 is 18.0 Å². The van der Waals surface area contributed by atoms with Gasteiger partial charge in [-0.15, -0.1) is 0 Å². The zero-order valence-electron chi connectivity index (χ0n) is 29.9. The Morgan fingerprint density at radius 3 is 1.68 bits per heavy atom. The normalized spacial score (nSPS) is 11.7. The molecule has 5 rings (SSSR count). The summed E-state index contributed by atoms with van der Waals surface area (Å²) in [6.45, 7) is 4.45. The van der Waals surface area contributed by atoms with E-state index in [1.807, 2.05) is 92.7 Å². The molecule has 0 fully saturated rings. The van der Waals surface area contributed by atoms with Crippen molar-refractivity contribution in [2.45, 2.75) is 51.7 Å². The molecule has 53 heavy (non-hydrogen) atoms. The van der Waals surface area contributed by atoms with Gasteiger partial charge in [0.1, 0.15) is 24.8 Å². The molecule has 0 aliphatic rings. The zero-order chi connectivity index (χ0) is 37.6. The first-order chi connectivity index (χ1) is 25.6. The second kappa shape index (κ2) is 18.6. The lowest BCUT2D eigenvalue weighted by Gasteiger charge is -2.27. The predicted octanol–water partition coefficient (Wildman–Crippen LogP) is 9.15. The molecule has 0 spiro atoms. The van der Waals surface area contributed by atoms with Crippen molar-refractivity contribution in [1.29, 1.82) is 0 Å². The Morgan fingerprint density at radius 1 is 0.642 bits per heavy atom. The van der Waals surface area contributed by atoms with Gasteiger partial charge in [-0.05, 0) is 102 Å². The molecule has 274 valence electrons. The molecule has 5 aromatic carbocycles. The third-order valence-electron chi connectivity index (χ3n) is 9.10. The summed E-state index contributed by atoms with van der Waals surface area (Å²) in [5.74, 6) is -1.65. The van der Waals surface area contributed by atoms with Gasteiger partial charge < -0.3 is 20.1 Å². The Hall–Kier alpha value is -5.83. The average Bonchev–Trinajstić information content (AvgIpc) is 3.17. The number of benzene rings is 5. The number of alkyl carbamates (subject to hydrolysis) is 1. The Bertz CT molecular complexity index is 1890. The van der Waals surface area contributed by atoms with E-state index in [4.69, 9.17) is 9.47 Å². The standard InChI is InChI=1S/C44H44F2N2O5/c1-44(2,38-26-36(34-15-19-39(45)20-16-34)25-37(27-38)35-17-21-40(46)22-18-35)42(50)48-28-33(24-41(49)52-29-31-10-5-3-6-11-31)14-9-23-47-43(51)53-30-32-12-7-4-8-13-32/h3-8,10-13,15-22,25-27,33H,9,14,23-24,28-30H2,1-2H3,(H,47,51)(H,48,50)/t33-/m1/s1. The summed E-state index contributed by atoms with van der Waals surface area (Å²) in [6, 6.07) is 36.7. The van der Waals surface area contributed by atoms with Gasteiger partial charge in [0, 0.05) is 13.1 Å². The molecule has 1 atom stereocenters. The van der Waals surface area contributed by atoms with Crippen molar-refractivity contribution < 1.29 is 32.6 Å². The number of ether oxygens (including phenoxy) is 2. The van der Waals surface area contributed by atoms with E-state index in [9.17, 15) is 23.2 Å². The van der Waals surface area contributed by atoms with Gasteiger partial charge in [-0.25, -0.2) is 13.6 Å². The SMILES string of the molecule is CC(C)(C(=O)NC[C@H](CCCNC(=O)OCc1ccccc1)CC(=O)OCc1ccccc1)c1cc(-c2ccc(F)cc2)cc(-c2ccc(F)cc2)c1. The van der Waals surface area contributed by atoms with Crippen molar-refractivity contribution in [2.24, 2.45) is 5.92 Å². The molecule has 0 aromatic heterocycles. The highest BCUT2D eigenvalue weighted by atomic mass is 19.1. The highest BCUT2D eigenvalue weighted by Gasteiger charge is 2.31. The van der Waals surface area contributed by atoms with E-state index in [1.54, 1.807) is 24.3 Å². The monoisotopic (exact) mass is 718 g/mol. The lowest BCUT2D eigenvalue weighted by Crippen LogP contribution is -2.42. The molecule has 9 heteroatoms. The number of esters is 1. The Balaban J connectivity index is 1.26. The van der Waals surface area contributed by atoms with Crippen LogP contribution in [0.1, 0.15) is 49.8 Å². The maximum absolute atomic E-state index is 14.0. The molecule has 7 nitrogen and oxygen atoms in total. The number of halogens is 2. The number of hydrogen-bond donors (Lipinski definition) is 2. The van der Waals surface area contributed by atoms with E-state index in [0.717, 1.165) is 33.4 Å². The van der Waals surface area contributed by atoms with Crippen molar-refractivity contribution in [1.82, 2.24) is 10.6 Å². The summed E-state index contributed by atoms with van der Waals surface area (Å²) in [5.41, 5.74) is 4.49. The van der Waals surface area contributed by atoms with Crippen molar-refractivity contribution in [3.8, 4) is 22.3 Å². The molecule has 5 aromatic rings. The smallest absolute Gasteiger partial charge is 0.407 e. The molecule has 0 unspecified atom stereocenters.